The van der Waals surface area contributed by atoms with E-state index in [9.17, 15) is 9.90 Å². The molecule has 1 aromatic rings. The summed E-state index contributed by atoms with van der Waals surface area (Å²) in [4.78, 5) is 14.0. The molecule has 2 N–H and O–H groups in total. The van der Waals surface area contributed by atoms with Crippen LogP contribution in [0.1, 0.15) is 18.9 Å². The van der Waals surface area contributed by atoms with E-state index >= 15 is 0 Å². The number of hydrogen-bond donors (Lipinski definition) is 2. The first-order valence-electron chi connectivity index (χ1n) is 6.92. The SMILES string of the molecule is CSCc1cccc(NC(=O)N2CCC(C(C)O)C2)c1. The van der Waals surface area contributed by atoms with Crippen LogP contribution in [0.3, 0.4) is 0 Å². The average molecular weight is 294 g/mol. The number of rotatable bonds is 4. The van der Waals surface area contributed by atoms with Crippen molar-refractivity contribution in [3.05, 3.63) is 29.8 Å². The van der Waals surface area contributed by atoms with Crippen LogP contribution in [0, 0.1) is 5.92 Å². The van der Waals surface area contributed by atoms with Crippen molar-refractivity contribution in [1.29, 1.82) is 0 Å². The van der Waals surface area contributed by atoms with Gasteiger partial charge in [0, 0.05) is 30.4 Å². The van der Waals surface area contributed by atoms with Gasteiger partial charge in [0.05, 0.1) is 6.10 Å². The molecule has 0 spiro atoms. The third kappa shape index (κ3) is 3.90. The topological polar surface area (TPSA) is 52.6 Å². The van der Waals surface area contributed by atoms with Crippen molar-refractivity contribution in [3.8, 4) is 0 Å². The lowest BCUT2D eigenvalue weighted by molar-refractivity contribution is 0.130. The number of aliphatic hydroxyl groups is 1. The van der Waals surface area contributed by atoms with E-state index < -0.39 is 0 Å². The van der Waals surface area contributed by atoms with Crippen LogP contribution in [0.4, 0.5) is 10.5 Å². The van der Waals surface area contributed by atoms with E-state index in [-0.39, 0.29) is 18.1 Å². The molecule has 20 heavy (non-hydrogen) atoms. The summed E-state index contributed by atoms with van der Waals surface area (Å²) in [6, 6.07) is 7.87. The summed E-state index contributed by atoms with van der Waals surface area (Å²) in [6.45, 7) is 3.14. The van der Waals surface area contributed by atoms with Gasteiger partial charge in [0.2, 0.25) is 0 Å². The first-order chi connectivity index (χ1) is 9.60. The number of benzene rings is 1. The Hall–Kier alpha value is -1.20. The molecular weight excluding hydrogens is 272 g/mol. The molecule has 0 aliphatic carbocycles. The van der Waals surface area contributed by atoms with Crippen LogP contribution in [0.25, 0.3) is 0 Å². The Morgan fingerprint density at radius 2 is 2.40 bits per heavy atom. The summed E-state index contributed by atoms with van der Waals surface area (Å²) >= 11 is 1.76. The zero-order valence-electron chi connectivity index (χ0n) is 12.0. The number of amides is 2. The van der Waals surface area contributed by atoms with Crippen LogP contribution < -0.4 is 5.32 Å². The van der Waals surface area contributed by atoms with Gasteiger partial charge in [0.1, 0.15) is 0 Å². The Kier molecular flexibility index (Phi) is 5.31. The summed E-state index contributed by atoms with van der Waals surface area (Å²) in [5.74, 6) is 1.14. The lowest BCUT2D eigenvalue weighted by Gasteiger charge is -2.18. The van der Waals surface area contributed by atoms with E-state index in [0.29, 0.717) is 13.1 Å². The van der Waals surface area contributed by atoms with Gasteiger partial charge < -0.3 is 15.3 Å². The number of carbonyl (C=O) groups excluding carboxylic acids is 1. The summed E-state index contributed by atoms with van der Waals surface area (Å²) in [5, 5.41) is 12.5. The molecule has 0 saturated carbocycles. The Labute approximate surface area is 124 Å². The maximum atomic E-state index is 12.2. The van der Waals surface area contributed by atoms with Gasteiger partial charge in [0.25, 0.3) is 0 Å². The molecule has 2 atom stereocenters. The van der Waals surface area contributed by atoms with E-state index in [1.54, 1.807) is 23.6 Å². The number of nitrogens with zero attached hydrogens (tertiary/aromatic N) is 1. The summed E-state index contributed by atoms with van der Waals surface area (Å²) in [6.07, 6.45) is 2.58. The highest BCUT2D eigenvalue weighted by atomic mass is 32.2. The molecule has 0 radical (unpaired) electrons. The largest absolute Gasteiger partial charge is 0.393 e. The van der Waals surface area contributed by atoms with Gasteiger partial charge >= 0.3 is 6.03 Å². The molecular formula is C15H22N2O2S. The maximum Gasteiger partial charge on any atom is 0.321 e. The molecule has 1 saturated heterocycles. The zero-order valence-corrected chi connectivity index (χ0v) is 12.8. The molecule has 1 heterocycles. The summed E-state index contributed by atoms with van der Waals surface area (Å²) in [5.41, 5.74) is 2.04. The van der Waals surface area contributed by atoms with Crippen molar-refractivity contribution in [3.63, 3.8) is 0 Å². The second kappa shape index (κ2) is 6.99. The van der Waals surface area contributed by atoms with Gasteiger partial charge in [-0.2, -0.15) is 11.8 Å². The highest BCUT2D eigenvalue weighted by Crippen LogP contribution is 2.21. The van der Waals surface area contributed by atoms with E-state index in [2.05, 4.69) is 17.6 Å². The highest BCUT2D eigenvalue weighted by Gasteiger charge is 2.28. The Morgan fingerprint density at radius 3 is 3.05 bits per heavy atom. The van der Waals surface area contributed by atoms with Crippen molar-refractivity contribution in [2.45, 2.75) is 25.2 Å². The number of anilines is 1. The second-order valence-electron chi connectivity index (χ2n) is 5.30. The minimum atomic E-state index is -0.349. The minimum Gasteiger partial charge on any atom is -0.393 e. The van der Waals surface area contributed by atoms with Gasteiger partial charge in [-0.25, -0.2) is 4.79 Å². The molecule has 1 aliphatic heterocycles. The monoisotopic (exact) mass is 294 g/mol. The second-order valence-corrected chi connectivity index (χ2v) is 6.16. The number of carbonyl (C=O) groups is 1. The summed E-state index contributed by atoms with van der Waals surface area (Å²) in [7, 11) is 0. The van der Waals surface area contributed by atoms with E-state index in [4.69, 9.17) is 0 Å². The van der Waals surface area contributed by atoms with E-state index in [1.807, 2.05) is 18.2 Å². The fourth-order valence-corrected chi connectivity index (χ4v) is 2.99. The highest BCUT2D eigenvalue weighted by molar-refractivity contribution is 7.97. The minimum absolute atomic E-state index is 0.0746. The van der Waals surface area contributed by atoms with Crippen LogP contribution >= 0.6 is 11.8 Å². The lowest BCUT2D eigenvalue weighted by atomic mass is 10.0. The maximum absolute atomic E-state index is 12.2. The lowest BCUT2D eigenvalue weighted by Crippen LogP contribution is -2.34. The number of aliphatic hydroxyl groups excluding tert-OH is 1. The molecule has 0 bridgehead atoms. The predicted octanol–water partition coefficient (Wildman–Crippen LogP) is 2.78. The molecule has 1 fully saturated rings. The number of thioether (sulfide) groups is 1. The van der Waals surface area contributed by atoms with Gasteiger partial charge in [-0.05, 0) is 37.3 Å². The molecule has 110 valence electrons. The first kappa shape index (κ1) is 15.2. The Bertz CT molecular complexity index is 465. The van der Waals surface area contributed by atoms with Crippen molar-refractivity contribution in [2.75, 3.05) is 24.7 Å². The smallest absolute Gasteiger partial charge is 0.321 e. The number of urea groups is 1. The third-order valence-corrected chi connectivity index (χ3v) is 4.31. The van der Waals surface area contributed by atoms with Crippen molar-refractivity contribution in [2.24, 2.45) is 5.92 Å². The average Bonchev–Trinajstić information content (AvgIpc) is 2.89. The van der Waals surface area contributed by atoms with Crippen LogP contribution in [0.2, 0.25) is 0 Å². The molecule has 2 amide bonds. The predicted molar refractivity (Wildman–Crippen MR) is 84.0 cm³/mol. The first-order valence-corrected chi connectivity index (χ1v) is 8.31. The number of hydrogen-bond acceptors (Lipinski definition) is 3. The quantitative estimate of drug-likeness (QED) is 0.898. The fourth-order valence-electron chi connectivity index (χ4n) is 2.47. The van der Waals surface area contributed by atoms with E-state index in [0.717, 1.165) is 17.9 Å². The Morgan fingerprint density at radius 1 is 1.60 bits per heavy atom. The van der Waals surface area contributed by atoms with Gasteiger partial charge in [-0.3, -0.25) is 0 Å². The van der Waals surface area contributed by atoms with Gasteiger partial charge in [-0.15, -0.1) is 0 Å². The molecule has 0 aromatic heterocycles. The number of likely N-dealkylation sites (tertiary alicyclic amines) is 1. The molecule has 2 rings (SSSR count). The van der Waals surface area contributed by atoms with Crippen LogP contribution in [-0.4, -0.2) is 41.5 Å². The molecule has 5 heteroatoms. The Balaban J connectivity index is 1.93. The van der Waals surface area contributed by atoms with Crippen LogP contribution in [-0.2, 0) is 5.75 Å². The summed E-state index contributed by atoms with van der Waals surface area (Å²) < 4.78 is 0. The van der Waals surface area contributed by atoms with Crippen molar-refractivity contribution < 1.29 is 9.90 Å². The zero-order chi connectivity index (χ0) is 14.5. The van der Waals surface area contributed by atoms with Crippen LogP contribution in [0.15, 0.2) is 24.3 Å². The van der Waals surface area contributed by atoms with Crippen molar-refractivity contribution in [1.82, 2.24) is 4.90 Å². The third-order valence-electron chi connectivity index (χ3n) is 3.68. The van der Waals surface area contributed by atoms with E-state index in [1.165, 1.54) is 5.56 Å². The molecule has 1 aliphatic rings. The number of nitrogens with one attached hydrogen (secondary N) is 1. The molecule has 2 unspecified atom stereocenters. The standard InChI is InChI=1S/C15H22N2O2S/c1-11(18)13-6-7-17(9-13)15(19)16-14-5-3-4-12(8-14)10-20-2/h3-5,8,11,13,18H,6-7,9-10H2,1-2H3,(H,16,19). The molecule has 1 aromatic carbocycles. The van der Waals surface area contributed by atoms with Crippen LogP contribution in [0.5, 0.6) is 0 Å². The normalized spacial score (nSPS) is 19.9. The molecule has 4 nitrogen and oxygen atoms in total. The van der Waals surface area contributed by atoms with Gasteiger partial charge in [-0.1, -0.05) is 12.1 Å². The van der Waals surface area contributed by atoms with Gasteiger partial charge in [0.15, 0.2) is 0 Å². The fraction of sp³-hybridized carbons (Fsp3) is 0.533. The van der Waals surface area contributed by atoms with Crippen molar-refractivity contribution >= 4 is 23.5 Å².